The number of piperazine rings is 1. The molecule has 2 aromatic carbocycles. The van der Waals surface area contributed by atoms with Crippen molar-refractivity contribution >= 4 is 23.3 Å². The highest BCUT2D eigenvalue weighted by atomic mass is 19.2. The fourth-order valence-electron chi connectivity index (χ4n) is 4.30. The summed E-state index contributed by atoms with van der Waals surface area (Å²) in [7, 11) is 0. The molecule has 1 aromatic heterocycles. The molecule has 0 spiro atoms. The number of benzene rings is 2. The zero-order chi connectivity index (χ0) is 25.2. The van der Waals surface area contributed by atoms with E-state index in [0.29, 0.717) is 35.7 Å². The zero-order valence-corrected chi connectivity index (χ0v) is 19.0. The number of pyridine rings is 1. The van der Waals surface area contributed by atoms with E-state index in [1.165, 1.54) is 17.2 Å². The average Bonchev–Trinajstić information content (AvgIpc) is 2.92. The van der Waals surface area contributed by atoms with E-state index in [2.05, 4.69) is 15.6 Å². The average molecular weight is 497 g/mol. The number of nitrogens with one attached hydrogen (secondary N) is 2. The van der Waals surface area contributed by atoms with Gasteiger partial charge in [-0.3, -0.25) is 9.69 Å². The second-order valence-corrected chi connectivity index (χ2v) is 8.54. The normalized spacial score (nSPS) is 18.0. The van der Waals surface area contributed by atoms with Crippen molar-refractivity contribution in [2.45, 2.75) is 6.04 Å². The van der Waals surface area contributed by atoms with Crippen LogP contribution >= 0.6 is 0 Å². The highest BCUT2D eigenvalue weighted by Crippen LogP contribution is 2.32. The minimum atomic E-state index is -1.05. The van der Waals surface area contributed by atoms with Crippen molar-refractivity contribution < 1.29 is 27.5 Å². The van der Waals surface area contributed by atoms with Gasteiger partial charge in [0.15, 0.2) is 11.6 Å². The number of rotatable bonds is 2. The standard InChI is InChI=1S/C25H22F3N5O3/c26-19-5-4-16(11-20(19)27)30-25(35)33-9-8-32-13-23(34)31-21-10-15(18-2-1-7-29-24(18)28)3-6-22(21)36-14-17(32)12-33/h1-7,10-11,17H,8-9,12-14H2,(H,30,35)(H,31,34)/t17-/m1/s1. The lowest BCUT2D eigenvalue weighted by atomic mass is 10.1. The van der Waals surface area contributed by atoms with Crippen molar-refractivity contribution in [2.75, 3.05) is 43.4 Å². The van der Waals surface area contributed by atoms with E-state index in [9.17, 15) is 22.8 Å². The number of ether oxygens (including phenoxy) is 1. The predicted octanol–water partition coefficient (Wildman–Crippen LogP) is 3.72. The van der Waals surface area contributed by atoms with E-state index in [0.717, 1.165) is 12.1 Å². The molecule has 3 heterocycles. The zero-order valence-electron chi connectivity index (χ0n) is 19.0. The van der Waals surface area contributed by atoms with Crippen LogP contribution in [0.25, 0.3) is 11.1 Å². The number of anilines is 2. The molecule has 0 bridgehead atoms. The van der Waals surface area contributed by atoms with Gasteiger partial charge in [0.25, 0.3) is 0 Å². The molecule has 3 amide bonds. The number of urea groups is 1. The molecule has 2 aliphatic heterocycles. The van der Waals surface area contributed by atoms with Gasteiger partial charge >= 0.3 is 6.03 Å². The quantitative estimate of drug-likeness (QED) is 0.528. The number of aromatic nitrogens is 1. The Balaban J connectivity index is 1.31. The van der Waals surface area contributed by atoms with Crippen LogP contribution in [0.5, 0.6) is 5.75 Å². The molecular formula is C25H22F3N5O3. The highest BCUT2D eigenvalue weighted by molar-refractivity contribution is 5.95. The van der Waals surface area contributed by atoms with Gasteiger partial charge in [-0.15, -0.1) is 0 Å². The molecule has 8 nitrogen and oxygen atoms in total. The Labute approximate surface area is 204 Å². The maximum absolute atomic E-state index is 14.2. The van der Waals surface area contributed by atoms with Crippen molar-refractivity contribution in [3.8, 4) is 16.9 Å². The van der Waals surface area contributed by atoms with E-state index in [4.69, 9.17) is 4.74 Å². The lowest BCUT2D eigenvalue weighted by molar-refractivity contribution is -0.118. The summed E-state index contributed by atoms with van der Waals surface area (Å²) in [5.41, 5.74) is 1.39. The first-order chi connectivity index (χ1) is 17.4. The van der Waals surface area contributed by atoms with Crippen LogP contribution in [0, 0.1) is 17.6 Å². The summed E-state index contributed by atoms with van der Waals surface area (Å²) < 4.78 is 46.8. The molecule has 36 heavy (non-hydrogen) atoms. The van der Waals surface area contributed by atoms with Gasteiger partial charge < -0.3 is 20.3 Å². The first-order valence-electron chi connectivity index (χ1n) is 11.3. The van der Waals surface area contributed by atoms with Crippen LogP contribution in [0.2, 0.25) is 0 Å². The van der Waals surface area contributed by atoms with Crippen molar-refractivity contribution in [2.24, 2.45) is 0 Å². The van der Waals surface area contributed by atoms with Crippen LogP contribution in [-0.2, 0) is 4.79 Å². The Morgan fingerprint density at radius 1 is 1.08 bits per heavy atom. The minimum absolute atomic E-state index is 0.0809. The van der Waals surface area contributed by atoms with Gasteiger partial charge in [0.05, 0.1) is 18.3 Å². The van der Waals surface area contributed by atoms with E-state index < -0.39 is 23.6 Å². The second kappa shape index (κ2) is 9.86. The second-order valence-electron chi connectivity index (χ2n) is 8.54. The first kappa shape index (κ1) is 23.6. The van der Waals surface area contributed by atoms with Crippen molar-refractivity contribution in [3.63, 3.8) is 0 Å². The Morgan fingerprint density at radius 2 is 1.94 bits per heavy atom. The first-order valence-corrected chi connectivity index (χ1v) is 11.3. The number of hydrogen-bond acceptors (Lipinski definition) is 5. The summed E-state index contributed by atoms with van der Waals surface area (Å²) in [6.45, 7) is 1.28. The van der Waals surface area contributed by atoms with Crippen molar-refractivity contribution in [3.05, 3.63) is 72.3 Å². The highest BCUT2D eigenvalue weighted by Gasteiger charge is 2.32. The molecule has 0 saturated carbocycles. The third-order valence-corrected chi connectivity index (χ3v) is 6.16. The molecule has 3 aromatic rings. The Morgan fingerprint density at radius 3 is 2.75 bits per heavy atom. The fourth-order valence-corrected chi connectivity index (χ4v) is 4.30. The molecule has 1 atom stereocenters. The van der Waals surface area contributed by atoms with Crippen LogP contribution < -0.4 is 15.4 Å². The van der Waals surface area contributed by atoms with E-state index >= 15 is 0 Å². The van der Waals surface area contributed by atoms with Crippen LogP contribution in [0.4, 0.5) is 29.3 Å². The fraction of sp³-hybridized carbons (Fsp3) is 0.240. The van der Waals surface area contributed by atoms with Gasteiger partial charge in [-0.05, 0) is 42.0 Å². The van der Waals surface area contributed by atoms with Gasteiger partial charge in [-0.2, -0.15) is 4.39 Å². The summed E-state index contributed by atoms with van der Waals surface area (Å²) in [5, 5.41) is 5.41. The number of hydrogen-bond donors (Lipinski definition) is 2. The number of fused-ring (bicyclic) bond motifs is 2. The van der Waals surface area contributed by atoms with E-state index in [1.807, 2.05) is 4.90 Å². The van der Waals surface area contributed by atoms with E-state index in [1.54, 1.807) is 30.3 Å². The predicted molar refractivity (Wildman–Crippen MR) is 126 cm³/mol. The third kappa shape index (κ3) is 4.96. The molecule has 2 aliphatic rings. The Kier molecular flexibility index (Phi) is 6.47. The Bertz CT molecular complexity index is 1320. The van der Waals surface area contributed by atoms with Gasteiger partial charge in [0.2, 0.25) is 11.9 Å². The lowest BCUT2D eigenvalue weighted by Gasteiger charge is -2.40. The van der Waals surface area contributed by atoms with Crippen LogP contribution in [0.15, 0.2) is 54.7 Å². The van der Waals surface area contributed by atoms with Crippen LogP contribution in [0.1, 0.15) is 0 Å². The summed E-state index contributed by atoms with van der Waals surface area (Å²) >= 11 is 0. The van der Waals surface area contributed by atoms with Crippen LogP contribution in [0.3, 0.4) is 0 Å². The SMILES string of the molecule is O=C1CN2CCN(C(=O)Nc3ccc(F)c(F)c3)C[C@@H]2COc2ccc(-c3cccnc3F)cc2N1. The molecular weight excluding hydrogens is 475 g/mol. The molecule has 11 heteroatoms. The molecule has 186 valence electrons. The monoisotopic (exact) mass is 497 g/mol. The molecule has 1 fully saturated rings. The largest absolute Gasteiger partial charge is 0.490 e. The number of nitrogens with zero attached hydrogens (tertiary/aromatic N) is 3. The van der Waals surface area contributed by atoms with Crippen LogP contribution in [-0.4, -0.2) is 65.5 Å². The van der Waals surface area contributed by atoms with Gasteiger partial charge in [0.1, 0.15) is 12.4 Å². The molecule has 1 saturated heterocycles. The maximum atomic E-state index is 14.2. The number of halogens is 3. The lowest BCUT2D eigenvalue weighted by Crippen LogP contribution is -2.58. The number of carbonyl (C=O) groups excluding carboxylic acids is 2. The summed E-state index contributed by atoms with van der Waals surface area (Å²) in [4.78, 5) is 32.7. The van der Waals surface area contributed by atoms with Gasteiger partial charge in [-0.1, -0.05) is 6.07 Å². The molecule has 0 aliphatic carbocycles. The van der Waals surface area contributed by atoms with Gasteiger partial charge in [-0.25, -0.2) is 18.6 Å². The topological polar surface area (TPSA) is 86.8 Å². The van der Waals surface area contributed by atoms with E-state index in [-0.39, 0.29) is 37.3 Å². The Hall–Kier alpha value is -4.12. The smallest absolute Gasteiger partial charge is 0.321 e. The molecule has 5 rings (SSSR count). The number of carbonyl (C=O) groups is 2. The van der Waals surface area contributed by atoms with Gasteiger partial charge in [0, 0.05) is 43.1 Å². The number of amides is 3. The minimum Gasteiger partial charge on any atom is -0.490 e. The maximum Gasteiger partial charge on any atom is 0.321 e. The third-order valence-electron chi connectivity index (χ3n) is 6.16. The molecule has 0 radical (unpaired) electrons. The summed E-state index contributed by atoms with van der Waals surface area (Å²) in [6, 6.07) is 10.6. The van der Waals surface area contributed by atoms with Crippen molar-refractivity contribution in [1.82, 2.24) is 14.8 Å². The summed E-state index contributed by atoms with van der Waals surface area (Å²) in [6.07, 6.45) is 1.36. The molecule has 2 N–H and O–H groups in total. The summed E-state index contributed by atoms with van der Waals surface area (Å²) in [5.74, 6) is -2.52. The van der Waals surface area contributed by atoms with Crippen molar-refractivity contribution in [1.29, 1.82) is 0 Å². The molecule has 0 unspecified atom stereocenters.